The number of hydrogen-bond donors (Lipinski definition) is 3. The third-order valence-electron chi connectivity index (χ3n) is 1.88. The van der Waals surface area contributed by atoms with Crippen LogP contribution < -0.4 is 16.5 Å². The Bertz CT molecular complexity index is 287. The minimum atomic E-state index is -0.488. The van der Waals surface area contributed by atoms with E-state index in [2.05, 4.69) is 10.8 Å². The van der Waals surface area contributed by atoms with Crippen molar-refractivity contribution in [1.29, 1.82) is 0 Å². The Morgan fingerprint density at radius 2 is 2.46 bits per heavy atom. The van der Waals surface area contributed by atoms with Crippen LogP contribution in [0.25, 0.3) is 0 Å². The molecule has 2 aliphatic heterocycles. The average Bonchev–Trinajstić information content (AvgIpc) is 2.47. The minimum absolute atomic E-state index is 0. The number of primary amides is 1. The van der Waals surface area contributed by atoms with Gasteiger partial charge in [-0.25, -0.2) is 0 Å². The van der Waals surface area contributed by atoms with Gasteiger partial charge in [-0.05, 0) is 6.08 Å². The summed E-state index contributed by atoms with van der Waals surface area (Å²) < 4.78 is 0. The molecular weight excluding hydrogens is 194 g/mol. The van der Waals surface area contributed by atoms with Crippen LogP contribution in [0.3, 0.4) is 0 Å². The zero-order valence-corrected chi connectivity index (χ0v) is 7.56. The first kappa shape index (κ1) is 9.88. The summed E-state index contributed by atoms with van der Waals surface area (Å²) in [4.78, 5) is 15.9. The molecule has 0 aliphatic carbocycles. The zero-order chi connectivity index (χ0) is 8.55. The van der Waals surface area contributed by atoms with E-state index in [1.165, 1.54) is 0 Å². The summed E-state index contributed by atoms with van der Waals surface area (Å²) in [5.41, 5.74) is 8.56. The molecule has 0 saturated heterocycles. The molecule has 72 valence electrons. The van der Waals surface area contributed by atoms with Crippen molar-refractivity contribution in [3.05, 3.63) is 23.6 Å². The Labute approximate surface area is 81.4 Å². The molecular formula is C7H10ClN3O2. The average molecular weight is 204 g/mol. The van der Waals surface area contributed by atoms with Gasteiger partial charge in [-0.15, -0.1) is 17.9 Å². The molecule has 0 fully saturated rings. The van der Waals surface area contributed by atoms with Gasteiger partial charge in [0.1, 0.15) is 6.04 Å². The molecule has 1 unspecified atom stereocenters. The summed E-state index contributed by atoms with van der Waals surface area (Å²) in [6.07, 6.45) is 3.53. The van der Waals surface area contributed by atoms with E-state index in [-0.39, 0.29) is 12.4 Å². The Hall–Kier alpha value is -1.20. The summed E-state index contributed by atoms with van der Waals surface area (Å²) in [5, 5.41) is 2.97. The monoisotopic (exact) mass is 203 g/mol. The number of hydroxylamine groups is 1. The normalized spacial score (nSPS) is 24.2. The quantitative estimate of drug-likeness (QED) is 0.520. The van der Waals surface area contributed by atoms with Crippen LogP contribution in [0.1, 0.15) is 0 Å². The number of allylic oxidation sites excluding steroid dienone is 1. The van der Waals surface area contributed by atoms with Gasteiger partial charge in [0, 0.05) is 18.3 Å². The molecule has 13 heavy (non-hydrogen) atoms. The smallest absolute Gasteiger partial charge is 0.242 e. The van der Waals surface area contributed by atoms with Gasteiger partial charge in [0.25, 0.3) is 0 Å². The number of hydrogen-bond acceptors (Lipinski definition) is 4. The lowest BCUT2D eigenvalue weighted by molar-refractivity contribution is -0.120. The molecule has 2 heterocycles. The molecule has 4 N–H and O–H groups in total. The SMILES string of the molecule is Cl.NC(=O)C1NOC2=C1CNC=C2. The van der Waals surface area contributed by atoms with Crippen molar-refractivity contribution < 1.29 is 9.63 Å². The first-order valence-electron chi connectivity index (χ1n) is 3.63. The summed E-state index contributed by atoms with van der Waals surface area (Å²) in [7, 11) is 0. The standard InChI is InChI=1S/C7H9N3O2.ClH/c8-7(11)6-4-3-9-2-1-5(4)12-10-6;/h1-2,6,9-10H,3H2,(H2,8,11);1H. The number of carbonyl (C=O) groups excluding carboxylic acids is 1. The molecule has 2 rings (SSSR count). The van der Waals surface area contributed by atoms with Gasteiger partial charge in [-0.3, -0.25) is 4.79 Å². The molecule has 0 radical (unpaired) electrons. The Morgan fingerprint density at radius 1 is 1.69 bits per heavy atom. The van der Waals surface area contributed by atoms with Crippen LogP contribution in [0.4, 0.5) is 0 Å². The van der Waals surface area contributed by atoms with E-state index in [0.29, 0.717) is 12.3 Å². The molecule has 0 aromatic carbocycles. The van der Waals surface area contributed by atoms with Crippen LogP contribution >= 0.6 is 12.4 Å². The third kappa shape index (κ3) is 1.61. The van der Waals surface area contributed by atoms with Crippen molar-refractivity contribution in [1.82, 2.24) is 10.8 Å². The van der Waals surface area contributed by atoms with Crippen LogP contribution in [-0.2, 0) is 9.63 Å². The number of rotatable bonds is 1. The maximum absolute atomic E-state index is 10.9. The lowest BCUT2D eigenvalue weighted by atomic mass is 10.1. The summed E-state index contributed by atoms with van der Waals surface area (Å²) in [6, 6.07) is -0.488. The maximum atomic E-state index is 10.9. The Balaban J connectivity index is 0.000000845. The number of nitrogens with one attached hydrogen (secondary N) is 2. The summed E-state index contributed by atoms with van der Waals surface area (Å²) in [5.74, 6) is 0.273. The van der Waals surface area contributed by atoms with E-state index in [1.54, 1.807) is 12.3 Å². The number of nitrogens with two attached hydrogens (primary N) is 1. The highest BCUT2D eigenvalue weighted by atomic mass is 35.5. The molecule has 2 aliphatic rings. The van der Waals surface area contributed by atoms with Crippen LogP contribution in [0.15, 0.2) is 23.6 Å². The highest BCUT2D eigenvalue weighted by Gasteiger charge is 2.31. The van der Waals surface area contributed by atoms with E-state index >= 15 is 0 Å². The second kappa shape index (κ2) is 3.68. The number of amides is 1. The summed E-state index contributed by atoms with van der Waals surface area (Å²) in [6.45, 7) is 0.604. The largest absolute Gasteiger partial charge is 0.408 e. The van der Waals surface area contributed by atoms with Gasteiger partial charge in [-0.1, -0.05) is 0 Å². The topological polar surface area (TPSA) is 76.4 Å². The Kier molecular flexibility index (Phi) is 2.79. The van der Waals surface area contributed by atoms with E-state index < -0.39 is 11.9 Å². The summed E-state index contributed by atoms with van der Waals surface area (Å²) >= 11 is 0. The van der Waals surface area contributed by atoms with Gasteiger partial charge >= 0.3 is 0 Å². The van der Waals surface area contributed by atoms with Gasteiger partial charge in [-0.2, -0.15) is 0 Å². The van der Waals surface area contributed by atoms with Gasteiger partial charge in [0.05, 0.1) is 0 Å². The van der Waals surface area contributed by atoms with Crippen molar-refractivity contribution >= 4 is 18.3 Å². The maximum Gasteiger partial charge on any atom is 0.242 e. The van der Waals surface area contributed by atoms with Crippen LogP contribution in [-0.4, -0.2) is 18.5 Å². The first-order chi connectivity index (χ1) is 5.79. The molecule has 0 aromatic heterocycles. The van der Waals surface area contributed by atoms with Crippen molar-refractivity contribution in [3.8, 4) is 0 Å². The molecule has 0 spiro atoms. The van der Waals surface area contributed by atoms with Crippen molar-refractivity contribution in [2.24, 2.45) is 5.73 Å². The van der Waals surface area contributed by atoms with Crippen molar-refractivity contribution in [2.45, 2.75) is 6.04 Å². The predicted octanol–water partition coefficient (Wildman–Crippen LogP) is -0.832. The van der Waals surface area contributed by atoms with E-state index in [0.717, 1.165) is 5.57 Å². The van der Waals surface area contributed by atoms with E-state index in [9.17, 15) is 4.79 Å². The number of halogens is 1. The predicted molar refractivity (Wildman–Crippen MR) is 48.6 cm³/mol. The fourth-order valence-electron chi connectivity index (χ4n) is 1.26. The number of dihydropyridines is 1. The van der Waals surface area contributed by atoms with Gasteiger partial charge < -0.3 is 15.9 Å². The second-order valence-electron chi connectivity index (χ2n) is 2.66. The fraction of sp³-hybridized carbons (Fsp3) is 0.286. The number of carbonyl (C=O) groups is 1. The lowest BCUT2D eigenvalue weighted by Gasteiger charge is -2.10. The molecule has 1 amide bonds. The highest BCUT2D eigenvalue weighted by Crippen LogP contribution is 2.19. The Morgan fingerprint density at radius 3 is 3.15 bits per heavy atom. The third-order valence-corrected chi connectivity index (χ3v) is 1.88. The van der Waals surface area contributed by atoms with Crippen molar-refractivity contribution in [3.63, 3.8) is 0 Å². The zero-order valence-electron chi connectivity index (χ0n) is 6.74. The van der Waals surface area contributed by atoms with E-state index in [4.69, 9.17) is 10.6 Å². The van der Waals surface area contributed by atoms with Crippen LogP contribution in [0, 0.1) is 0 Å². The van der Waals surface area contributed by atoms with Gasteiger partial charge in [0.2, 0.25) is 5.91 Å². The van der Waals surface area contributed by atoms with Crippen LogP contribution in [0.2, 0.25) is 0 Å². The second-order valence-corrected chi connectivity index (χ2v) is 2.66. The molecule has 5 nitrogen and oxygen atoms in total. The molecule has 0 bridgehead atoms. The molecule has 0 aromatic rings. The molecule has 6 heteroatoms. The fourth-order valence-corrected chi connectivity index (χ4v) is 1.26. The lowest BCUT2D eigenvalue weighted by Crippen LogP contribution is -2.40. The van der Waals surface area contributed by atoms with Gasteiger partial charge in [0.15, 0.2) is 5.76 Å². The van der Waals surface area contributed by atoms with E-state index in [1.807, 2.05) is 0 Å². The molecule has 0 saturated carbocycles. The van der Waals surface area contributed by atoms with Crippen molar-refractivity contribution in [2.75, 3.05) is 6.54 Å². The first-order valence-corrected chi connectivity index (χ1v) is 3.63. The molecule has 1 atom stereocenters. The van der Waals surface area contributed by atoms with Crippen LogP contribution in [0.5, 0.6) is 0 Å². The highest BCUT2D eigenvalue weighted by molar-refractivity contribution is 5.85. The minimum Gasteiger partial charge on any atom is -0.408 e.